The number of nitrogens with one attached hydrogen (secondary N) is 1. The van der Waals surface area contributed by atoms with Gasteiger partial charge in [-0.15, -0.1) is 6.58 Å². The maximum atomic E-state index is 11.3. The Morgan fingerprint density at radius 3 is 2.69 bits per heavy atom. The van der Waals surface area contributed by atoms with E-state index in [1.54, 1.807) is 6.08 Å². The molecule has 0 saturated carbocycles. The molecule has 0 aromatic heterocycles. The second kappa shape index (κ2) is 3.92. The first-order valence-electron chi connectivity index (χ1n) is 5.01. The van der Waals surface area contributed by atoms with E-state index in [1.807, 2.05) is 0 Å². The molecular weight excluding hydrogens is 210 g/mol. The van der Waals surface area contributed by atoms with Gasteiger partial charge in [-0.25, -0.2) is 4.79 Å². The van der Waals surface area contributed by atoms with Crippen LogP contribution < -0.4 is 16.2 Å². The smallest absolute Gasteiger partial charge is 0.328 e. The number of rotatable bonds is 4. The Kier molecular flexibility index (Phi) is 2.60. The molecule has 1 aliphatic heterocycles. The monoisotopic (exact) mass is 221 g/mol. The SMILES string of the molecule is C=CCc1c(NC2CCOC2=O)c(=O)c1=O. The van der Waals surface area contributed by atoms with E-state index in [4.69, 9.17) is 4.74 Å². The van der Waals surface area contributed by atoms with Crippen molar-refractivity contribution >= 4 is 11.7 Å². The number of allylic oxidation sites excluding steroid dienone is 1. The van der Waals surface area contributed by atoms with Gasteiger partial charge in [-0.2, -0.15) is 0 Å². The Hall–Kier alpha value is -1.91. The molecule has 5 heteroatoms. The fourth-order valence-electron chi connectivity index (χ4n) is 1.73. The van der Waals surface area contributed by atoms with Crippen LogP contribution in [0.4, 0.5) is 5.69 Å². The van der Waals surface area contributed by atoms with Gasteiger partial charge in [0.05, 0.1) is 12.3 Å². The van der Waals surface area contributed by atoms with Gasteiger partial charge >= 0.3 is 5.97 Å². The van der Waals surface area contributed by atoms with Gasteiger partial charge in [0.2, 0.25) is 10.9 Å². The number of cyclic esters (lactones) is 1. The van der Waals surface area contributed by atoms with Gasteiger partial charge in [-0.1, -0.05) is 6.08 Å². The summed E-state index contributed by atoms with van der Waals surface area (Å²) in [5.41, 5.74) is -0.404. The molecule has 16 heavy (non-hydrogen) atoms. The molecule has 0 spiro atoms. The van der Waals surface area contributed by atoms with Crippen LogP contribution in [0.5, 0.6) is 0 Å². The van der Waals surface area contributed by atoms with Gasteiger partial charge in [0.25, 0.3) is 0 Å². The predicted octanol–water partition coefficient (Wildman–Crippen LogP) is -0.261. The summed E-state index contributed by atoms with van der Waals surface area (Å²) in [6.45, 7) is 3.86. The van der Waals surface area contributed by atoms with Gasteiger partial charge < -0.3 is 10.1 Å². The maximum Gasteiger partial charge on any atom is 0.328 e. The van der Waals surface area contributed by atoms with Crippen LogP contribution in [-0.2, 0) is 16.0 Å². The Balaban J connectivity index is 2.18. The first-order chi connectivity index (χ1) is 7.65. The molecule has 0 aliphatic carbocycles. The maximum absolute atomic E-state index is 11.3. The van der Waals surface area contributed by atoms with Crippen LogP contribution in [-0.4, -0.2) is 18.6 Å². The van der Waals surface area contributed by atoms with E-state index in [0.29, 0.717) is 25.0 Å². The Bertz CT molecular complexity index is 510. The molecule has 1 fully saturated rings. The minimum absolute atomic E-state index is 0.244. The van der Waals surface area contributed by atoms with Crippen molar-refractivity contribution in [2.45, 2.75) is 18.9 Å². The Labute approximate surface area is 91.4 Å². The first kappa shape index (κ1) is 10.6. The summed E-state index contributed by atoms with van der Waals surface area (Å²) in [6, 6.07) is -0.508. The van der Waals surface area contributed by atoms with E-state index < -0.39 is 16.9 Å². The number of hydrogen-bond donors (Lipinski definition) is 1. The molecule has 1 aromatic carbocycles. The summed E-state index contributed by atoms with van der Waals surface area (Å²) >= 11 is 0. The number of carbonyl (C=O) groups excluding carboxylic acids is 1. The summed E-state index contributed by atoms with van der Waals surface area (Å²) in [4.78, 5) is 33.7. The third kappa shape index (κ3) is 1.54. The van der Waals surface area contributed by atoms with E-state index >= 15 is 0 Å². The predicted molar refractivity (Wildman–Crippen MR) is 58.2 cm³/mol. The summed E-state index contributed by atoms with van der Waals surface area (Å²) in [5, 5.41) is 2.77. The molecule has 84 valence electrons. The van der Waals surface area contributed by atoms with E-state index in [9.17, 15) is 14.4 Å². The third-order valence-electron chi connectivity index (χ3n) is 2.61. The van der Waals surface area contributed by atoms with Crippen LogP contribution in [0.3, 0.4) is 0 Å². The number of esters is 1. The average Bonchev–Trinajstić information content (AvgIpc) is 2.69. The lowest BCUT2D eigenvalue weighted by Crippen LogP contribution is -2.41. The zero-order valence-corrected chi connectivity index (χ0v) is 8.62. The van der Waals surface area contributed by atoms with Crippen molar-refractivity contribution < 1.29 is 9.53 Å². The average molecular weight is 221 g/mol. The highest BCUT2D eigenvalue weighted by Crippen LogP contribution is 2.15. The fraction of sp³-hybridized carbons (Fsp3) is 0.364. The highest BCUT2D eigenvalue weighted by Gasteiger charge is 2.30. The van der Waals surface area contributed by atoms with Gasteiger partial charge in [-0.05, 0) is 6.42 Å². The molecule has 1 aromatic rings. The van der Waals surface area contributed by atoms with Crippen LogP contribution in [0.2, 0.25) is 0 Å². The quantitative estimate of drug-likeness (QED) is 0.431. The molecule has 1 heterocycles. The highest BCUT2D eigenvalue weighted by atomic mass is 16.5. The molecular formula is C11H11NO4. The Morgan fingerprint density at radius 1 is 1.38 bits per heavy atom. The molecule has 5 nitrogen and oxygen atoms in total. The minimum atomic E-state index is -0.559. The largest absolute Gasteiger partial charge is 0.464 e. The normalized spacial score (nSPS) is 19.8. The summed E-state index contributed by atoms with van der Waals surface area (Å²) in [5.74, 6) is -0.377. The minimum Gasteiger partial charge on any atom is -0.464 e. The van der Waals surface area contributed by atoms with E-state index in [-0.39, 0.29) is 11.7 Å². The lowest BCUT2D eigenvalue weighted by atomic mass is 10.0. The number of anilines is 1. The summed E-state index contributed by atoms with van der Waals surface area (Å²) in [7, 11) is 0. The van der Waals surface area contributed by atoms with Crippen LogP contribution in [0.25, 0.3) is 0 Å². The zero-order valence-electron chi connectivity index (χ0n) is 8.62. The second-order valence-electron chi connectivity index (χ2n) is 3.66. The molecule has 1 N–H and O–H groups in total. The summed E-state index contributed by atoms with van der Waals surface area (Å²) < 4.78 is 4.75. The van der Waals surface area contributed by atoms with Crippen molar-refractivity contribution in [3.05, 3.63) is 38.7 Å². The molecule has 0 bridgehead atoms. The molecule has 0 radical (unpaired) electrons. The van der Waals surface area contributed by atoms with Crippen LogP contribution >= 0.6 is 0 Å². The number of hydrogen-bond acceptors (Lipinski definition) is 5. The van der Waals surface area contributed by atoms with E-state index in [2.05, 4.69) is 11.9 Å². The van der Waals surface area contributed by atoms with Crippen LogP contribution in [0, 0.1) is 0 Å². The van der Waals surface area contributed by atoms with Crippen molar-refractivity contribution in [2.75, 3.05) is 11.9 Å². The van der Waals surface area contributed by atoms with E-state index in [0.717, 1.165) is 0 Å². The molecule has 1 atom stereocenters. The highest BCUT2D eigenvalue weighted by molar-refractivity contribution is 5.81. The van der Waals surface area contributed by atoms with Crippen molar-refractivity contribution in [2.24, 2.45) is 0 Å². The molecule has 1 saturated heterocycles. The zero-order chi connectivity index (χ0) is 11.7. The van der Waals surface area contributed by atoms with Crippen molar-refractivity contribution in [1.29, 1.82) is 0 Å². The third-order valence-corrected chi connectivity index (χ3v) is 2.61. The molecule has 1 aliphatic rings. The fourth-order valence-corrected chi connectivity index (χ4v) is 1.73. The molecule has 2 rings (SSSR count). The Morgan fingerprint density at radius 2 is 2.12 bits per heavy atom. The molecule has 1 unspecified atom stereocenters. The van der Waals surface area contributed by atoms with Gasteiger partial charge in [0.1, 0.15) is 6.04 Å². The number of carbonyl (C=O) groups is 1. The van der Waals surface area contributed by atoms with Gasteiger partial charge in [0.15, 0.2) is 0 Å². The van der Waals surface area contributed by atoms with Crippen molar-refractivity contribution in [3.8, 4) is 0 Å². The summed E-state index contributed by atoms with van der Waals surface area (Å²) in [6.07, 6.45) is 2.41. The second-order valence-corrected chi connectivity index (χ2v) is 3.66. The van der Waals surface area contributed by atoms with Crippen molar-refractivity contribution in [3.63, 3.8) is 0 Å². The van der Waals surface area contributed by atoms with E-state index in [1.165, 1.54) is 0 Å². The first-order valence-corrected chi connectivity index (χ1v) is 5.01. The lowest BCUT2D eigenvalue weighted by molar-refractivity contribution is -0.138. The van der Waals surface area contributed by atoms with Crippen LogP contribution in [0.15, 0.2) is 22.2 Å². The van der Waals surface area contributed by atoms with Crippen LogP contribution in [0.1, 0.15) is 12.0 Å². The van der Waals surface area contributed by atoms with Crippen molar-refractivity contribution in [1.82, 2.24) is 0 Å². The number of ether oxygens (including phenoxy) is 1. The topological polar surface area (TPSA) is 72.5 Å². The lowest BCUT2D eigenvalue weighted by Gasteiger charge is -2.14. The molecule has 0 amide bonds. The van der Waals surface area contributed by atoms with Gasteiger partial charge in [-0.3, -0.25) is 9.59 Å². The van der Waals surface area contributed by atoms with Gasteiger partial charge in [0, 0.05) is 12.0 Å². The standard InChI is InChI=1S/C11H11NO4/c1-2-3-6-8(10(14)9(6)13)12-7-4-5-16-11(7)15/h2,7,12H,1,3-5H2.